The van der Waals surface area contributed by atoms with Gasteiger partial charge >= 0.3 is 0 Å². The fourth-order valence-electron chi connectivity index (χ4n) is 0.983. The predicted octanol–water partition coefficient (Wildman–Crippen LogP) is 1.50. The molecule has 13 heavy (non-hydrogen) atoms. The minimum Gasteiger partial charge on any atom is -0.393 e. The van der Waals surface area contributed by atoms with Crippen molar-refractivity contribution in [2.24, 2.45) is 11.7 Å². The average Bonchev–Trinajstić information content (AvgIpc) is 2.55. The predicted molar refractivity (Wildman–Crippen MR) is 61.3 cm³/mol. The van der Waals surface area contributed by atoms with Gasteiger partial charge in [-0.25, -0.2) is 4.98 Å². The van der Waals surface area contributed by atoms with Crippen LogP contribution < -0.4 is 10.6 Å². The van der Waals surface area contributed by atoms with Gasteiger partial charge in [-0.15, -0.1) is 11.3 Å². The van der Waals surface area contributed by atoms with Crippen molar-refractivity contribution < 1.29 is 0 Å². The molecule has 0 saturated carbocycles. The molecule has 1 unspecified atom stereocenters. The summed E-state index contributed by atoms with van der Waals surface area (Å²) in [7, 11) is 1.99. The van der Waals surface area contributed by atoms with Crippen LogP contribution in [0.15, 0.2) is 11.6 Å². The highest BCUT2D eigenvalue weighted by molar-refractivity contribution is 7.80. The third-order valence-electron chi connectivity index (χ3n) is 1.78. The van der Waals surface area contributed by atoms with Crippen LogP contribution in [0.5, 0.6) is 0 Å². The van der Waals surface area contributed by atoms with Crippen molar-refractivity contribution in [2.45, 2.75) is 6.92 Å². The van der Waals surface area contributed by atoms with Crippen LogP contribution >= 0.6 is 23.6 Å². The standard InChI is InChI=1S/C8H13N3S2/c1-6(7(9)12)5-11(2)8-10-3-4-13-8/h3-4,6H,5H2,1-2H3,(H2,9,12). The van der Waals surface area contributed by atoms with E-state index in [1.807, 2.05) is 19.4 Å². The maximum absolute atomic E-state index is 5.53. The van der Waals surface area contributed by atoms with E-state index < -0.39 is 0 Å². The Morgan fingerprint density at radius 2 is 2.54 bits per heavy atom. The molecule has 1 rings (SSSR count). The van der Waals surface area contributed by atoms with Crippen molar-refractivity contribution in [3.8, 4) is 0 Å². The number of nitrogens with zero attached hydrogens (tertiary/aromatic N) is 2. The monoisotopic (exact) mass is 215 g/mol. The first-order valence-corrected chi connectivity index (χ1v) is 5.30. The maximum Gasteiger partial charge on any atom is 0.184 e. The zero-order valence-corrected chi connectivity index (χ0v) is 9.36. The molecule has 0 aliphatic rings. The van der Waals surface area contributed by atoms with Crippen molar-refractivity contribution in [1.82, 2.24) is 4.98 Å². The lowest BCUT2D eigenvalue weighted by Gasteiger charge is -2.19. The van der Waals surface area contributed by atoms with Crippen LogP contribution in [0.4, 0.5) is 5.13 Å². The zero-order chi connectivity index (χ0) is 9.84. The van der Waals surface area contributed by atoms with Crippen LogP contribution in [-0.2, 0) is 0 Å². The molecule has 0 saturated heterocycles. The number of thiazole rings is 1. The van der Waals surface area contributed by atoms with E-state index in [-0.39, 0.29) is 5.92 Å². The van der Waals surface area contributed by atoms with Gasteiger partial charge in [0, 0.05) is 31.1 Å². The van der Waals surface area contributed by atoms with Gasteiger partial charge in [-0.3, -0.25) is 0 Å². The van der Waals surface area contributed by atoms with E-state index in [0.29, 0.717) is 4.99 Å². The van der Waals surface area contributed by atoms with Crippen molar-refractivity contribution >= 4 is 33.7 Å². The summed E-state index contributed by atoms with van der Waals surface area (Å²) in [5, 5.41) is 2.96. The topological polar surface area (TPSA) is 42.2 Å². The van der Waals surface area contributed by atoms with E-state index >= 15 is 0 Å². The molecule has 2 N–H and O–H groups in total. The first-order valence-electron chi connectivity index (χ1n) is 4.01. The molecule has 0 radical (unpaired) electrons. The molecule has 0 aromatic carbocycles. The van der Waals surface area contributed by atoms with E-state index in [4.69, 9.17) is 18.0 Å². The Hall–Kier alpha value is -0.680. The number of nitrogens with two attached hydrogens (primary N) is 1. The molecular weight excluding hydrogens is 202 g/mol. The summed E-state index contributed by atoms with van der Waals surface area (Å²) >= 11 is 6.52. The van der Waals surface area contributed by atoms with Crippen LogP contribution in [0, 0.1) is 5.92 Å². The molecule has 1 aromatic rings. The Labute approximate surface area is 87.6 Å². The maximum atomic E-state index is 5.53. The van der Waals surface area contributed by atoms with Gasteiger partial charge in [0.2, 0.25) is 0 Å². The second-order valence-electron chi connectivity index (χ2n) is 3.00. The van der Waals surface area contributed by atoms with E-state index in [9.17, 15) is 0 Å². The van der Waals surface area contributed by atoms with E-state index in [1.54, 1.807) is 17.5 Å². The van der Waals surface area contributed by atoms with E-state index in [0.717, 1.165) is 11.7 Å². The number of hydrogen-bond donors (Lipinski definition) is 1. The highest BCUT2D eigenvalue weighted by Gasteiger charge is 2.10. The van der Waals surface area contributed by atoms with Gasteiger partial charge in [-0.1, -0.05) is 19.1 Å². The van der Waals surface area contributed by atoms with E-state index in [2.05, 4.69) is 9.88 Å². The van der Waals surface area contributed by atoms with Crippen molar-refractivity contribution in [1.29, 1.82) is 0 Å². The summed E-state index contributed by atoms with van der Waals surface area (Å²) < 4.78 is 0. The molecule has 0 aliphatic carbocycles. The smallest absolute Gasteiger partial charge is 0.184 e. The van der Waals surface area contributed by atoms with Gasteiger partial charge in [-0.2, -0.15) is 0 Å². The first kappa shape index (κ1) is 10.4. The lowest BCUT2D eigenvalue weighted by atomic mass is 10.2. The summed E-state index contributed by atoms with van der Waals surface area (Å²) in [4.78, 5) is 6.81. The second kappa shape index (κ2) is 4.53. The fraction of sp³-hybridized carbons (Fsp3) is 0.500. The highest BCUT2D eigenvalue weighted by atomic mass is 32.1. The lowest BCUT2D eigenvalue weighted by molar-refractivity contribution is 0.740. The van der Waals surface area contributed by atoms with Crippen LogP contribution in [-0.4, -0.2) is 23.6 Å². The van der Waals surface area contributed by atoms with Gasteiger partial charge in [-0.05, 0) is 0 Å². The van der Waals surface area contributed by atoms with Crippen molar-refractivity contribution in [3.63, 3.8) is 0 Å². The molecule has 5 heteroatoms. The van der Waals surface area contributed by atoms with E-state index in [1.165, 1.54) is 0 Å². The van der Waals surface area contributed by atoms with Crippen LogP contribution in [0.2, 0.25) is 0 Å². The summed E-state index contributed by atoms with van der Waals surface area (Å²) in [6.07, 6.45) is 1.79. The van der Waals surface area contributed by atoms with Crippen LogP contribution in [0.3, 0.4) is 0 Å². The summed E-state index contributed by atoms with van der Waals surface area (Å²) in [6, 6.07) is 0. The Morgan fingerprint density at radius 3 is 3.00 bits per heavy atom. The number of rotatable bonds is 4. The molecule has 1 aromatic heterocycles. The van der Waals surface area contributed by atoms with Crippen LogP contribution in [0.1, 0.15) is 6.92 Å². The van der Waals surface area contributed by atoms with Gasteiger partial charge in [0.25, 0.3) is 0 Å². The molecule has 3 nitrogen and oxygen atoms in total. The number of anilines is 1. The van der Waals surface area contributed by atoms with Gasteiger partial charge in [0.05, 0.1) is 4.99 Å². The molecule has 0 spiro atoms. The number of hydrogen-bond acceptors (Lipinski definition) is 4. The summed E-state index contributed by atoms with van der Waals surface area (Å²) in [5.74, 6) is 0.226. The quantitative estimate of drug-likeness (QED) is 0.773. The Balaban J connectivity index is 2.51. The minimum absolute atomic E-state index is 0.226. The Kier molecular flexibility index (Phi) is 3.62. The van der Waals surface area contributed by atoms with Gasteiger partial charge in [0.15, 0.2) is 5.13 Å². The summed E-state index contributed by atoms with van der Waals surface area (Å²) in [6.45, 7) is 2.84. The molecular formula is C8H13N3S2. The first-order chi connectivity index (χ1) is 6.11. The SMILES string of the molecule is CC(CN(C)c1nccs1)C(N)=S. The second-order valence-corrected chi connectivity index (χ2v) is 4.34. The number of aromatic nitrogens is 1. The van der Waals surface area contributed by atoms with Crippen molar-refractivity contribution in [3.05, 3.63) is 11.6 Å². The fourth-order valence-corrected chi connectivity index (χ4v) is 1.68. The Morgan fingerprint density at radius 1 is 1.85 bits per heavy atom. The third kappa shape index (κ3) is 2.93. The highest BCUT2D eigenvalue weighted by Crippen LogP contribution is 2.16. The molecule has 1 heterocycles. The lowest BCUT2D eigenvalue weighted by Crippen LogP contribution is -2.31. The molecule has 0 aliphatic heterocycles. The molecule has 0 fully saturated rings. The molecule has 0 amide bonds. The van der Waals surface area contributed by atoms with Crippen molar-refractivity contribution in [2.75, 3.05) is 18.5 Å². The normalized spacial score (nSPS) is 12.5. The molecule has 1 atom stereocenters. The average molecular weight is 215 g/mol. The largest absolute Gasteiger partial charge is 0.393 e. The third-order valence-corrected chi connectivity index (χ3v) is 3.07. The summed E-state index contributed by atoms with van der Waals surface area (Å²) in [5.41, 5.74) is 5.53. The Bertz CT molecular complexity index is 271. The van der Waals surface area contributed by atoms with Gasteiger partial charge in [0.1, 0.15) is 0 Å². The molecule has 0 bridgehead atoms. The number of thiocarbonyl (C=S) groups is 1. The molecule has 72 valence electrons. The zero-order valence-electron chi connectivity index (χ0n) is 7.73. The van der Waals surface area contributed by atoms with Gasteiger partial charge < -0.3 is 10.6 Å². The minimum atomic E-state index is 0.226. The van der Waals surface area contributed by atoms with Crippen LogP contribution in [0.25, 0.3) is 0 Å².